The van der Waals surface area contributed by atoms with Crippen molar-refractivity contribution >= 4 is 34.9 Å². The summed E-state index contributed by atoms with van der Waals surface area (Å²) in [6.07, 6.45) is 0. The molecule has 0 bridgehead atoms. The normalized spacial score (nSPS) is 10.5. The second kappa shape index (κ2) is 8.15. The van der Waals surface area contributed by atoms with E-state index < -0.39 is 5.91 Å². The molecule has 3 rings (SSSR count). The van der Waals surface area contributed by atoms with Crippen LogP contribution >= 0.6 is 23.1 Å². The van der Waals surface area contributed by atoms with E-state index in [1.165, 1.54) is 23.1 Å². The van der Waals surface area contributed by atoms with Crippen LogP contribution in [0.15, 0.2) is 46.9 Å². The number of hydrogen-bond donors (Lipinski definition) is 1. The number of thiophene rings is 1. The second-order valence-electron chi connectivity index (χ2n) is 5.21. The number of methoxy groups -OCH3 is 1. The molecule has 0 aliphatic heterocycles. The third-order valence-electron chi connectivity index (χ3n) is 3.51. The Morgan fingerprint density at radius 3 is 2.77 bits per heavy atom. The van der Waals surface area contributed by atoms with Crippen molar-refractivity contribution in [3.8, 4) is 17.1 Å². The molecule has 7 nitrogen and oxygen atoms in total. The van der Waals surface area contributed by atoms with E-state index in [1.807, 2.05) is 31.3 Å². The number of thioether (sulfide) groups is 1. The van der Waals surface area contributed by atoms with Gasteiger partial charge in [0.15, 0.2) is 11.0 Å². The molecule has 1 N–H and O–H groups in total. The highest BCUT2D eigenvalue weighted by molar-refractivity contribution is 7.99. The molecule has 0 spiro atoms. The van der Waals surface area contributed by atoms with Crippen molar-refractivity contribution in [1.82, 2.24) is 20.1 Å². The molecule has 9 heteroatoms. The zero-order valence-electron chi connectivity index (χ0n) is 14.1. The Balaban J connectivity index is 1.65. The van der Waals surface area contributed by atoms with Gasteiger partial charge in [-0.3, -0.25) is 14.9 Å². The highest BCUT2D eigenvalue weighted by atomic mass is 32.2. The number of para-hydroxylation sites is 1. The monoisotopic (exact) mass is 388 g/mol. The molecule has 0 fully saturated rings. The maximum Gasteiger partial charge on any atom is 0.267 e. The number of amides is 2. The van der Waals surface area contributed by atoms with E-state index in [0.717, 1.165) is 5.56 Å². The maximum absolute atomic E-state index is 12.0. The summed E-state index contributed by atoms with van der Waals surface area (Å²) < 4.78 is 7.14. The van der Waals surface area contributed by atoms with Crippen molar-refractivity contribution in [2.24, 2.45) is 7.05 Å². The van der Waals surface area contributed by atoms with Crippen LogP contribution in [0, 0.1) is 0 Å². The van der Waals surface area contributed by atoms with Gasteiger partial charge < -0.3 is 9.30 Å². The number of aromatic nitrogens is 3. The molecular formula is C17H16N4O3S2. The zero-order valence-corrected chi connectivity index (χ0v) is 15.8. The van der Waals surface area contributed by atoms with Crippen molar-refractivity contribution in [3.63, 3.8) is 0 Å². The van der Waals surface area contributed by atoms with Crippen LogP contribution in [0.2, 0.25) is 0 Å². The predicted molar refractivity (Wildman–Crippen MR) is 101 cm³/mol. The van der Waals surface area contributed by atoms with Gasteiger partial charge in [0.05, 0.1) is 23.3 Å². The fraction of sp³-hybridized carbons (Fsp3) is 0.176. The standard InChI is InChI=1S/C17H16N4O3S2/c1-21-15(11-6-3-4-7-12(11)24-2)19-20-17(21)26-10-14(22)18-16(23)13-8-5-9-25-13/h3-9H,10H2,1-2H3,(H,18,22,23). The lowest BCUT2D eigenvalue weighted by Crippen LogP contribution is -2.31. The Morgan fingerprint density at radius 2 is 2.04 bits per heavy atom. The summed E-state index contributed by atoms with van der Waals surface area (Å²) in [5, 5.41) is 13.0. The van der Waals surface area contributed by atoms with Gasteiger partial charge in [-0.2, -0.15) is 0 Å². The Hall–Kier alpha value is -2.65. The van der Waals surface area contributed by atoms with Crippen molar-refractivity contribution in [1.29, 1.82) is 0 Å². The molecule has 0 unspecified atom stereocenters. The highest BCUT2D eigenvalue weighted by Crippen LogP contribution is 2.29. The molecule has 2 heterocycles. The van der Waals surface area contributed by atoms with Crippen LogP contribution in [-0.4, -0.2) is 39.4 Å². The first-order chi connectivity index (χ1) is 12.6. The predicted octanol–water partition coefficient (Wildman–Crippen LogP) is 2.60. The number of benzene rings is 1. The van der Waals surface area contributed by atoms with Gasteiger partial charge in [0.1, 0.15) is 5.75 Å². The second-order valence-corrected chi connectivity index (χ2v) is 7.10. The third-order valence-corrected chi connectivity index (χ3v) is 5.40. The minimum absolute atomic E-state index is 0.0645. The third kappa shape index (κ3) is 3.94. The Bertz CT molecular complexity index is 922. The van der Waals surface area contributed by atoms with Crippen LogP contribution in [0.4, 0.5) is 0 Å². The van der Waals surface area contributed by atoms with Gasteiger partial charge in [-0.15, -0.1) is 21.5 Å². The van der Waals surface area contributed by atoms with Crippen LogP contribution in [-0.2, 0) is 11.8 Å². The minimum atomic E-state index is -0.390. The minimum Gasteiger partial charge on any atom is -0.496 e. The molecule has 26 heavy (non-hydrogen) atoms. The lowest BCUT2D eigenvalue weighted by Gasteiger charge is -2.08. The number of hydrogen-bond acceptors (Lipinski definition) is 7. The van der Waals surface area contributed by atoms with E-state index in [2.05, 4.69) is 15.5 Å². The Morgan fingerprint density at radius 1 is 1.23 bits per heavy atom. The number of nitrogens with one attached hydrogen (secondary N) is 1. The summed E-state index contributed by atoms with van der Waals surface area (Å²) in [5.74, 6) is 0.627. The molecule has 0 aliphatic rings. The summed E-state index contributed by atoms with van der Waals surface area (Å²) in [7, 11) is 3.42. The number of nitrogens with zero attached hydrogens (tertiary/aromatic N) is 3. The molecule has 0 saturated heterocycles. The number of carbonyl (C=O) groups is 2. The summed E-state index contributed by atoms with van der Waals surface area (Å²) >= 11 is 2.50. The first-order valence-electron chi connectivity index (χ1n) is 7.63. The molecule has 0 saturated carbocycles. The van der Waals surface area contributed by atoms with Gasteiger partial charge in [-0.05, 0) is 23.6 Å². The van der Waals surface area contributed by atoms with Gasteiger partial charge >= 0.3 is 0 Å². The van der Waals surface area contributed by atoms with E-state index in [0.29, 0.717) is 21.6 Å². The van der Waals surface area contributed by atoms with E-state index >= 15 is 0 Å². The largest absolute Gasteiger partial charge is 0.496 e. The molecule has 2 aromatic heterocycles. The average Bonchev–Trinajstić information content (AvgIpc) is 3.30. The Labute approximate surface area is 158 Å². The van der Waals surface area contributed by atoms with Gasteiger partial charge in [0.2, 0.25) is 5.91 Å². The molecule has 0 radical (unpaired) electrons. The van der Waals surface area contributed by atoms with Gasteiger partial charge in [0.25, 0.3) is 5.91 Å². The topological polar surface area (TPSA) is 86.1 Å². The summed E-state index contributed by atoms with van der Waals surface area (Å²) in [6, 6.07) is 10.9. The molecule has 0 atom stereocenters. The molecule has 134 valence electrons. The van der Waals surface area contributed by atoms with Crippen LogP contribution in [0.5, 0.6) is 5.75 Å². The molecule has 2 amide bonds. The van der Waals surface area contributed by atoms with Crippen molar-refractivity contribution < 1.29 is 14.3 Å². The quantitative estimate of drug-likeness (QED) is 0.653. The molecule has 1 aromatic carbocycles. The lowest BCUT2D eigenvalue weighted by atomic mass is 10.2. The Kier molecular flexibility index (Phi) is 5.69. The lowest BCUT2D eigenvalue weighted by molar-refractivity contribution is -0.117. The average molecular weight is 388 g/mol. The van der Waals surface area contributed by atoms with Gasteiger partial charge in [-0.25, -0.2) is 0 Å². The number of imide groups is 1. The van der Waals surface area contributed by atoms with E-state index in [-0.39, 0.29) is 11.7 Å². The fourth-order valence-corrected chi connectivity index (χ4v) is 3.60. The molecule has 3 aromatic rings. The molecular weight excluding hydrogens is 372 g/mol. The maximum atomic E-state index is 12.0. The first kappa shape index (κ1) is 18.2. The summed E-state index contributed by atoms with van der Waals surface area (Å²) in [6.45, 7) is 0. The van der Waals surface area contributed by atoms with Crippen molar-refractivity contribution in [3.05, 3.63) is 46.7 Å². The van der Waals surface area contributed by atoms with Crippen molar-refractivity contribution in [2.45, 2.75) is 5.16 Å². The SMILES string of the molecule is COc1ccccc1-c1nnc(SCC(=O)NC(=O)c2cccs2)n1C. The smallest absolute Gasteiger partial charge is 0.267 e. The van der Waals surface area contributed by atoms with E-state index in [9.17, 15) is 9.59 Å². The number of carbonyl (C=O) groups excluding carboxylic acids is 2. The van der Waals surface area contributed by atoms with Crippen LogP contribution < -0.4 is 10.1 Å². The first-order valence-corrected chi connectivity index (χ1v) is 9.50. The van der Waals surface area contributed by atoms with E-state index in [1.54, 1.807) is 29.2 Å². The number of ether oxygens (including phenoxy) is 1. The van der Waals surface area contributed by atoms with Crippen molar-refractivity contribution in [2.75, 3.05) is 12.9 Å². The van der Waals surface area contributed by atoms with Crippen LogP contribution in [0.3, 0.4) is 0 Å². The summed E-state index contributed by atoms with van der Waals surface area (Å²) in [4.78, 5) is 24.4. The summed E-state index contributed by atoms with van der Waals surface area (Å²) in [5.41, 5.74) is 0.814. The number of rotatable bonds is 6. The van der Waals surface area contributed by atoms with Gasteiger partial charge in [-0.1, -0.05) is 30.0 Å². The van der Waals surface area contributed by atoms with Gasteiger partial charge in [0, 0.05) is 7.05 Å². The highest BCUT2D eigenvalue weighted by Gasteiger charge is 2.17. The molecule has 0 aliphatic carbocycles. The van der Waals surface area contributed by atoms with E-state index in [4.69, 9.17) is 4.74 Å². The fourth-order valence-electron chi connectivity index (χ4n) is 2.27. The zero-order chi connectivity index (χ0) is 18.5. The van der Waals surface area contributed by atoms with Crippen LogP contribution in [0.1, 0.15) is 9.67 Å². The van der Waals surface area contributed by atoms with Crippen LogP contribution in [0.25, 0.3) is 11.4 Å².